The first-order chi connectivity index (χ1) is 9.47. The van der Waals surface area contributed by atoms with Crippen molar-refractivity contribution in [3.63, 3.8) is 0 Å². The summed E-state index contributed by atoms with van der Waals surface area (Å²) in [5.41, 5.74) is 2.37. The minimum absolute atomic E-state index is 0.269. The van der Waals surface area contributed by atoms with E-state index in [-0.39, 0.29) is 6.10 Å². The molecule has 0 aliphatic heterocycles. The Labute approximate surface area is 123 Å². The predicted molar refractivity (Wildman–Crippen MR) is 84.2 cm³/mol. The van der Waals surface area contributed by atoms with Crippen molar-refractivity contribution in [2.45, 2.75) is 52.9 Å². The molecule has 2 atom stereocenters. The molecule has 20 heavy (non-hydrogen) atoms. The van der Waals surface area contributed by atoms with Gasteiger partial charge in [-0.3, -0.25) is 0 Å². The van der Waals surface area contributed by atoms with Gasteiger partial charge in [-0.15, -0.1) is 0 Å². The monoisotopic (exact) mass is 279 g/mol. The highest BCUT2D eigenvalue weighted by Crippen LogP contribution is 2.24. The molecule has 1 aromatic rings. The summed E-state index contributed by atoms with van der Waals surface area (Å²) in [4.78, 5) is 0. The maximum absolute atomic E-state index is 5.95. The molecule has 0 aliphatic carbocycles. The van der Waals surface area contributed by atoms with Gasteiger partial charge in [0.1, 0.15) is 5.75 Å². The summed E-state index contributed by atoms with van der Waals surface area (Å²) in [5.74, 6) is 1.55. The molecule has 0 aliphatic rings. The van der Waals surface area contributed by atoms with Gasteiger partial charge in [-0.1, -0.05) is 19.9 Å². The van der Waals surface area contributed by atoms with Crippen LogP contribution in [0.2, 0.25) is 0 Å². The summed E-state index contributed by atoms with van der Waals surface area (Å²) in [7, 11) is 3.67. The van der Waals surface area contributed by atoms with Crippen LogP contribution in [0.4, 0.5) is 0 Å². The molecule has 0 aromatic heterocycles. The minimum Gasteiger partial charge on any atom is -0.496 e. The van der Waals surface area contributed by atoms with Crippen LogP contribution in [0.5, 0.6) is 5.75 Å². The van der Waals surface area contributed by atoms with E-state index < -0.39 is 0 Å². The van der Waals surface area contributed by atoms with Gasteiger partial charge in [0.05, 0.1) is 19.8 Å². The first kappa shape index (κ1) is 17.0. The number of ether oxygens (including phenoxy) is 2. The molecule has 0 amide bonds. The zero-order valence-corrected chi connectivity index (χ0v) is 13.7. The van der Waals surface area contributed by atoms with Crippen molar-refractivity contribution in [2.24, 2.45) is 5.92 Å². The topological polar surface area (TPSA) is 30.5 Å². The lowest BCUT2D eigenvalue weighted by Crippen LogP contribution is -2.14. The van der Waals surface area contributed by atoms with Gasteiger partial charge in [0.25, 0.3) is 0 Å². The van der Waals surface area contributed by atoms with Gasteiger partial charge in [0.15, 0.2) is 0 Å². The van der Waals surface area contributed by atoms with E-state index in [4.69, 9.17) is 9.47 Å². The molecular weight excluding hydrogens is 250 g/mol. The number of hydrogen-bond donors (Lipinski definition) is 1. The standard InChI is InChI=1S/C17H29NO2/c1-12(2)9-13(3)20-11-16-10-15(14(4)18-5)7-8-17(16)19-6/h7-8,10,12-14,18H,9,11H2,1-6H3. The van der Waals surface area contributed by atoms with E-state index in [2.05, 4.69) is 45.1 Å². The molecule has 0 saturated heterocycles. The van der Waals surface area contributed by atoms with Crippen LogP contribution in [0.15, 0.2) is 18.2 Å². The third kappa shape index (κ3) is 5.14. The summed E-state index contributed by atoms with van der Waals surface area (Å²) in [5, 5.41) is 3.26. The summed E-state index contributed by atoms with van der Waals surface area (Å²) < 4.78 is 11.4. The van der Waals surface area contributed by atoms with Crippen molar-refractivity contribution in [3.8, 4) is 5.75 Å². The Bertz CT molecular complexity index is 404. The molecule has 3 nitrogen and oxygen atoms in total. The van der Waals surface area contributed by atoms with Crippen LogP contribution < -0.4 is 10.1 Å². The Kier molecular flexibility index (Phi) is 7.03. The average Bonchev–Trinajstić information content (AvgIpc) is 2.43. The second kappa shape index (κ2) is 8.28. The van der Waals surface area contributed by atoms with Crippen LogP contribution >= 0.6 is 0 Å². The minimum atomic E-state index is 0.269. The summed E-state index contributed by atoms with van der Waals surface area (Å²) in [6.45, 7) is 9.31. The Morgan fingerprint density at radius 2 is 1.85 bits per heavy atom. The van der Waals surface area contributed by atoms with Crippen molar-refractivity contribution in [1.82, 2.24) is 5.32 Å². The SMILES string of the molecule is CNC(C)c1ccc(OC)c(COC(C)CC(C)C)c1. The Morgan fingerprint density at radius 3 is 2.40 bits per heavy atom. The molecule has 3 heteroatoms. The van der Waals surface area contributed by atoms with Gasteiger partial charge in [-0.05, 0) is 50.9 Å². The molecule has 114 valence electrons. The van der Waals surface area contributed by atoms with Crippen LogP contribution in [0.1, 0.15) is 51.3 Å². The lowest BCUT2D eigenvalue weighted by molar-refractivity contribution is 0.0386. The second-order valence-corrected chi connectivity index (χ2v) is 5.83. The highest BCUT2D eigenvalue weighted by Gasteiger charge is 2.11. The van der Waals surface area contributed by atoms with Crippen molar-refractivity contribution in [3.05, 3.63) is 29.3 Å². The molecule has 0 spiro atoms. The van der Waals surface area contributed by atoms with Gasteiger partial charge in [-0.25, -0.2) is 0 Å². The van der Waals surface area contributed by atoms with Crippen LogP contribution in [0.25, 0.3) is 0 Å². The van der Waals surface area contributed by atoms with Gasteiger partial charge >= 0.3 is 0 Å². The van der Waals surface area contributed by atoms with E-state index in [1.54, 1.807) is 7.11 Å². The van der Waals surface area contributed by atoms with Gasteiger partial charge < -0.3 is 14.8 Å². The van der Waals surface area contributed by atoms with Crippen molar-refractivity contribution < 1.29 is 9.47 Å². The quantitative estimate of drug-likeness (QED) is 0.782. The zero-order valence-electron chi connectivity index (χ0n) is 13.7. The molecule has 1 rings (SSSR count). The van der Waals surface area contributed by atoms with Gasteiger partial charge in [0, 0.05) is 11.6 Å². The number of nitrogens with one attached hydrogen (secondary N) is 1. The van der Waals surface area contributed by atoms with Crippen LogP contribution in [-0.4, -0.2) is 20.3 Å². The van der Waals surface area contributed by atoms with E-state index in [0.29, 0.717) is 18.6 Å². The Balaban J connectivity index is 2.75. The Hall–Kier alpha value is -1.06. The third-order valence-corrected chi connectivity index (χ3v) is 3.56. The van der Waals surface area contributed by atoms with Crippen LogP contribution in [-0.2, 0) is 11.3 Å². The highest BCUT2D eigenvalue weighted by molar-refractivity contribution is 5.38. The number of rotatable bonds is 8. The van der Waals surface area contributed by atoms with Gasteiger partial charge in [-0.2, -0.15) is 0 Å². The normalized spacial score (nSPS) is 14.3. The predicted octanol–water partition coefficient (Wildman–Crippen LogP) is 3.93. The lowest BCUT2D eigenvalue weighted by Gasteiger charge is -2.18. The van der Waals surface area contributed by atoms with Crippen molar-refractivity contribution >= 4 is 0 Å². The van der Waals surface area contributed by atoms with E-state index in [9.17, 15) is 0 Å². The zero-order chi connectivity index (χ0) is 15.1. The largest absolute Gasteiger partial charge is 0.496 e. The first-order valence-corrected chi connectivity index (χ1v) is 7.43. The molecule has 1 N–H and O–H groups in total. The number of benzene rings is 1. The lowest BCUT2D eigenvalue weighted by atomic mass is 10.0. The molecular formula is C17H29NO2. The molecule has 0 heterocycles. The number of methoxy groups -OCH3 is 1. The van der Waals surface area contributed by atoms with E-state index in [1.165, 1.54) is 5.56 Å². The summed E-state index contributed by atoms with van der Waals surface area (Å²) in [6, 6.07) is 6.62. The smallest absolute Gasteiger partial charge is 0.124 e. The van der Waals surface area contributed by atoms with E-state index >= 15 is 0 Å². The molecule has 0 radical (unpaired) electrons. The fraction of sp³-hybridized carbons (Fsp3) is 0.647. The molecule has 0 fully saturated rings. The molecule has 0 bridgehead atoms. The molecule has 1 aromatic carbocycles. The van der Waals surface area contributed by atoms with Gasteiger partial charge in [0.2, 0.25) is 0 Å². The van der Waals surface area contributed by atoms with Crippen LogP contribution in [0.3, 0.4) is 0 Å². The van der Waals surface area contributed by atoms with Crippen LogP contribution in [0, 0.1) is 5.92 Å². The fourth-order valence-corrected chi connectivity index (χ4v) is 2.31. The average molecular weight is 279 g/mol. The molecule has 2 unspecified atom stereocenters. The summed E-state index contributed by atoms with van der Waals surface area (Å²) in [6.07, 6.45) is 1.35. The first-order valence-electron chi connectivity index (χ1n) is 7.43. The van der Waals surface area contributed by atoms with E-state index in [0.717, 1.165) is 17.7 Å². The Morgan fingerprint density at radius 1 is 1.15 bits per heavy atom. The van der Waals surface area contributed by atoms with Crippen molar-refractivity contribution in [1.29, 1.82) is 0 Å². The maximum Gasteiger partial charge on any atom is 0.124 e. The van der Waals surface area contributed by atoms with Crippen molar-refractivity contribution in [2.75, 3.05) is 14.2 Å². The van der Waals surface area contributed by atoms with E-state index in [1.807, 2.05) is 13.1 Å². The molecule has 0 saturated carbocycles. The maximum atomic E-state index is 5.95. The number of hydrogen-bond acceptors (Lipinski definition) is 3. The third-order valence-electron chi connectivity index (χ3n) is 3.56. The summed E-state index contributed by atoms with van der Waals surface area (Å²) >= 11 is 0. The fourth-order valence-electron chi connectivity index (χ4n) is 2.31. The highest BCUT2D eigenvalue weighted by atomic mass is 16.5. The second-order valence-electron chi connectivity index (χ2n) is 5.83.